The molecule has 0 aliphatic carbocycles. The largest absolute Gasteiger partial charge is 0.480 e. The van der Waals surface area contributed by atoms with Crippen LogP contribution in [0.3, 0.4) is 0 Å². The molecule has 2 aromatic carbocycles. The summed E-state index contributed by atoms with van der Waals surface area (Å²) in [6.45, 7) is 0.624. The first-order valence-corrected chi connectivity index (χ1v) is 8.55. The van der Waals surface area contributed by atoms with Crippen molar-refractivity contribution in [3.8, 4) is 5.75 Å². The number of hydrogen-bond donors (Lipinski definition) is 1. The van der Waals surface area contributed by atoms with Crippen molar-refractivity contribution in [3.63, 3.8) is 0 Å². The minimum absolute atomic E-state index is 0.198. The molecule has 0 saturated heterocycles. The van der Waals surface area contributed by atoms with Crippen molar-refractivity contribution in [2.24, 2.45) is 0 Å². The number of halogens is 3. The molecule has 0 spiro atoms. The Morgan fingerprint density at radius 3 is 2.08 bits per heavy atom. The number of hydrogen-bond acceptors (Lipinski definition) is 2. The summed E-state index contributed by atoms with van der Waals surface area (Å²) in [4.78, 5) is 10.2. The van der Waals surface area contributed by atoms with Crippen molar-refractivity contribution in [1.29, 1.82) is 0 Å². The minimum Gasteiger partial charge on any atom is -0.480 e. The van der Waals surface area contributed by atoms with Gasteiger partial charge in [-0.3, -0.25) is 0 Å². The van der Waals surface area contributed by atoms with E-state index in [1.165, 1.54) is 17.7 Å². The summed E-state index contributed by atoms with van der Waals surface area (Å²) < 4.78 is 5.85. The number of carboxylic acids is 1. The normalized spacial score (nSPS) is 10.6. The third-order valence-electron chi connectivity index (χ3n) is 2.83. The van der Waals surface area contributed by atoms with E-state index >= 15 is 0 Å². The van der Waals surface area contributed by atoms with E-state index in [1.807, 2.05) is 0 Å². The number of aliphatic carboxylic acids is 1. The van der Waals surface area contributed by atoms with Gasteiger partial charge in [0.1, 0.15) is 12.3 Å². The molecule has 1 N–H and O–H groups in total. The Morgan fingerprint density at radius 2 is 1.56 bits per heavy atom. The molecule has 0 amide bonds. The Balaban J connectivity index is 0.000000257. The highest BCUT2D eigenvalue weighted by molar-refractivity contribution is 6.43. The van der Waals surface area contributed by atoms with E-state index in [0.29, 0.717) is 5.02 Å². The first-order chi connectivity index (χ1) is 11.6. The molecule has 0 aromatic heterocycles. The topological polar surface area (TPSA) is 46.5 Å². The van der Waals surface area contributed by atoms with Crippen LogP contribution < -0.4 is 4.74 Å². The van der Waals surface area contributed by atoms with E-state index in [1.54, 1.807) is 0 Å². The van der Waals surface area contributed by atoms with Crippen LogP contribution >= 0.6 is 34.8 Å². The highest BCUT2D eigenvalue weighted by Gasteiger charge is 2.08. The van der Waals surface area contributed by atoms with E-state index in [9.17, 15) is 4.79 Å². The average Bonchev–Trinajstić information content (AvgIpc) is 2.49. The van der Waals surface area contributed by atoms with Gasteiger partial charge in [-0.2, -0.15) is 0 Å². The van der Waals surface area contributed by atoms with Crippen LogP contribution in [0, 0.1) is 0 Å². The van der Waals surface area contributed by atoms with E-state index in [-0.39, 0.29) is 15.8 Å². The zero-order valence-corrected chi connectivity index (χ0v) is 16.6. The Morgan fingerprint density at radius 1 is 1.00 bits per heavy atom. The summed E-state index contributed by atoms with van der Waals surface area (Å²) in [7, 11) is 6.60. The van der Waals surface area contributed by atoms with E-state index in [4.69, 9.17) is 44.6 Å². The van der Waals surface area contributed by atoms with E-state index in [0.717, 1.165) is 11.0 Å². The zero-order valence-electron chi connectivity index (χ0n) is 14.3. The molecule has 0 atom stereocenters. The van der Waals surface area contributed by atoms with Gasteiger partial charge in [0, 0.05) is 11.6 Å². The molecular formula is C18H21Cl3NO3+. The number of ether oxygens (including phenoxy) is 1. The van der Waals surface area contributed by atoms with Crippen molar-refractivity contribution in [1.82, 2.24) is 0 Å². The molecule has 2 rings (SSSR count). The zero-order chi connectivity index (χ0) is 19.0. The second-order valence-electron chi connectivity index (χ2n) is 6.31. The van der Waals surface area contributed by atoms with Crippen LogP contribution in [0.2, 0.25) is 15.1 Å². The molecular weight excluding hydrogens is 385 g/mol. The first-order valence-electron chi connectivity index (χ1n) is 7.42. The lowest BCUT2D eigenvalue weighted by Crippen LogP contribution is -2.33. The number of carbonyl (C=O) groups is 1. The van der Waals surface area contributed by atoms with Gasteiger partial charge in [0.15, 0.2) is 6.61 Å². The van der Waals surface area contributed by atoms with Crippen LogP contribution in [0.5, 0.6) is 5.75 Å². The Hall–Kier alpha value is -1.46. The minimum atomic E-state index is -1.09. The SMILES string of the molecule is C[N+](C)(C)Cc1ccccc1.O=C(O)COc1cc(Cl)c(Cl)cc1Cl. The number of quaternary nitrogens is 1. The molecule has 0 heterocycles. The molecule has 136 valence electrons. The van der Waals surface area contributed by atoms with Gasteiger partial charge >= 0.3 is 5.97 Å². The number of carboxylic acid groups (broad SMARTS) is 1. The summed E-state index contributed by atoms with van der Waals surface area (Å²) in [5.74, 6) is -0.893. The summed E-state index contributed by atoms with van der Waals surface area (Å²) in [6, 6.07) is 13.3. The van der Waals surface area contributed by atoms with Crippen molar-refractivity contribution in [3.05, 3.63) is 63.1 Å². The van der Waals surface area contributed by atoms with Crippen molar-refractivity contribution in [2.45, 2.75) is 6.54 Å². The maximum atomic E-state index is 10.2. The Labute approximate surface area is 163 Å². The standard InChI is InChI=1S/C10H16N.C8H5Cl3O3/c1-11(2,3)9-10-7-5-4-6-8-10;9-4-1-6(11)7(2-5(4)10)14-3-8(12)13/h4-8H,9H2,1-3H3;1-2H,3H2,(H,12,13)/q+1;. The molecule has 0 radical (unpaired) electrons. The lowest BCUT2D eigenvalue weighted by atomic mass is 10.2. The van der Waals surface area contributed by atoms with Gasteiger partial charge in [-0.1, -0.05) is 65.1 Å². The van der Waals surface area contributed by atoms with Crippen LogP contribution in [0.4, 0.5) is 0 Å². The molecule has 0 fully saturated rings. The van der Waals surface area contributed by atoms with Crippen LogP contribution in [-0.4, -0.2) is 43.3 Å². The van der Waals surface area contributed by atoms with Crippen molar-refractivity contribution >= 4 is 40.8 Å². The van der Waals surface area contributed by atoms with Gasteiger partial charge in [0.05, 0.1) is 36.2 Å². The van der Waals surface area contributed by atoms with Crippen LogP contribution in [0.15, 0.2) is 42.5 Å². The molecule has 0 unspecified atom stereocenters. The van der Waals surface area contributed by atoms with E-state index < -0.39 is 12.6 Å². The molecule has 4 nitrogen and oxygen atoms in total. The number of nitrogens with zero attached hydrogens (tertiary/aromatic N) is 1. The van der Waals surface area contributed by atoms with Crippen LogP contribution in [-0.2, 0) is 11.3 Å². The van der Waals surface area contributed by atoms with Gasteiger partial charge in [-0.15, -0.1) is 0 Å². The maximum absolute atomic E-state index is 10.2. The predicted octanol–water partition coefficient (Wildman–Crippen LogP) is 5.00. The monoisotopic (exact) mass is 404 g/mol. The second-order valence-corrected chi connectivity index (χ2v) is 7.53. The second kappa shape index (κ2) is 9.88. The lowest BCUT2D eigenvalue weighted by Gasteiger charge is -2.23. The van der Waals surface area contributed by atoms with E-state index in [2.05, 4.69) is 51.5 Å². The summed E-state index contributed by atoms with van der Waals surface area (Å²) in [6.07, 6.45) is 0. The van der Waals surface area contributed by atoms with Crippen LogP contribution in [0.25, 0.3) is 0 Å². The van der Waals surface area contributed by atoms with Crippen molar-refractivity contribution < 1.29 is 19.1 Å². The van der Waals surface area contributed by atoms with Crippen LogP contribution in [0.1, 0.15) is 5.56 Å². The summed E-state index contributed by atoms with van der Waals surface area (Å²) >= 11 is 17.1. The third kappa shape index (κ3) is 8.98. The number of rotatable bonds is 5. The molecule has 0 bridgehead atoms. The van der Waals surface area contributed by atoms with Gasteiger partial charge in [0.2, 0.25) is 0 Å². The lowest BCUT2D eigenvalue weighted by molar-refractivity contribution is -0.884. The number of benzene rings is 2. The fourth-order valence-corrected chi connectivity index (χ4v) is 2.48. The molecule has 0 aliphatic rings. The molecule has 2 aromatic rings. The summed E-state index contributed by atoms with van der Waals surface area (Å²) in [5, 5.41) is 9.14. The fourth-order valence-electron chi connectivity index (χ4n) is 1.89. The smallest absolute Gasteiger partial charge is 0.341 e. The average molecular weight is 406 g/mol. The highest BCUT2D eigenvalue weighted by Crippen LogP contribution is 2.33. The summed E-state index contributed by atoms with van der Waals surface area (Å²) in [5.41, 5.74) is 1.40. The van der Waals surface area contributed by atoms with Gasteiger partial charge < -0.3 is 14.3 Å². The van der Waals surface area contributed by atoms with Gasteiger partial charge in [-0.05, 0) is 6.07 Å². The molecule has 25 heavy (non-hydrogen) atoms. The van der Waals surface area contributed by atoms with Crippen molar-refractivity contribution in [2.75, 3.05) is 27.7 Å². The van der Waals surface area contributed by atoms with Gasteiger partial charge in [0.25, 0.3) is 0 Å². The first kappa shape index (κ1) is 21.6. The predicted molar refractivity (Wildman–Crippen MR) is 103 cm³/mol. The molecule has 0 aliphatic heterocycles. The quantitative estimate of drug-likeness (QED) is 0.562. The Kier molecular flexibility index (Phi) is 8.53. The third-order valence-corrected chi connectivity index (χ3v) is 3.84. The molecule has 7 heteroatoms. The fraction of sp³-hybridized carbons (Fsp3) is 0.278. The van der Waals surface area contributed by atoms with Gasteiger partial charge in [-0.25, -0.2) is 4.79 Å². The molecule has 0 saturated carbocycles. The Bertz CT molecular complexity index is 701. The maximum Gasteiger partial charge on any atom is 0.341 e. The highest BCUT2D eigenvalue weighted by atomic mass is 35.5.